The third-order valence-electron chi connectivity index (χ3n) is 8.76. The average molecular weight is 719 g/mol. The molecule has 1 aliphatic rings. The average Bonchev–Trinajstić information content (AvgIpc) is 3.19. The maximum Gasteiger partial charge on any atom is 0.408 e. The highest BCUT2D eigenvalue weighted by atomic mass is 35.5. The monoisotopic (exact) mass is 718 g/mol. The van der Waals surface area contributed by atoms with Gasteiger partial charge >= 0.3 is 6.09 Å². The number of ether oxygens (including phenoxy) is 2. The molecule has 1 aliphatic heterocycles. The molecule has 270 valence electrons. The van der Waals surface area contributed by atoms with Crippen LogP contribution in [0.25, 0.3) is 4.91 Å². The van der Waals surface area contributed by atoms with E-state index in [-0.39, 0.29) is 31.2 Å². The summed E-state index contributed by atoms with van der Waals surface area (Å²) in [4.78, 5) is 42.3. The molecule has 0 spiro atoms. The molecular formula is C36H51ClN4O7S. The molecule has 0 aromatic heterocycles. The first-order valence-corrected chi connectivity index (χ1v) is 18.4. The molecular weight excluding hydrogens is 668 g/mol. The summed E-state index contributed by atoms with van der Waals surface area (Å²) in [5, 5.41) is 5.84. The number of halogens is 1. The molecule has 0 bridgehead atoms. The third-order valence-corrected chi connectivity index (χ3v) is 11.1. The number of hydrogen-bond acceptors (Lipinski definition) is 7. The summed E-state index contributed by atoms with van der Waals surface area (Å²) in [5.41, 5.74) is -1.18. The van der Waals surface area contributed by atoms with Gasteiger partial charge in [0.25, 0.3) is 0 Å². The number of alkyl carbamates (subject to hydrolysis) is 1. The Morgan fingerprint density at radius 2 is 1.55 bits per heavy atom. The number of likely N-dealkylation sites (N-methyl/N-ethyl adjacent to an activating group) is 2. The molecule has 3 amide bonds. The molecule has 13 heteroatoms. The summed E-state index contributed by atoms with van der Waals surface area (Å²) in [5.74, 6) is -1.09. The van der Waals surface area contributed by atoms with E-state index in [1.54, 1.807) is 59.0 Å². The van der Waals surface area contributed by atoms with E-state index >= 15 is 0 Å². The Morgan fingerprint density at radius 3 is 2.08 bits per heavy atom. The van der Waals surface area contributed by atoms with Gasteiger partial charge in [0, 0.05) is 25.2 Å². The lowest BCUT2D eigenvalue weighted by molar-refractivity contribution is -0.139. The van der Waals surface area contributed by atoms with Gasteiger partial charge in [0.15, 0.2) is 0 Å². The Hall–Kier alpha value is -3.45. The minimum Gasteiger partial charge on any atom is -0.444 e. The molecule has 1 atom stereocenters. The fourth-order valence-electron chi connectivity index (χ4n) is 5.94. The largest absolute Gasteiger partial charge is 0.444 e. The number of rotatable bonds is 14. The molecule has 0 radical (unpaired) electrons. The summed E-state index contributed by atoms with van der Waals surface area (Å²) in [6.07, 6.45) is 0.166. The second kappa shape index (κ2) is 16.1. The second-order valence-electron chi connectivity index (χ2n) is 13.7. The molecule has 2 N–H and O–H groups in total. The third kappa shape index (κ3) is 9.42. The topological polar surface area (TPSA) is 134 Å². The highest BCUT2D eigenvalue weighted by molar-refractivity contribution is 7.98. The van der Waals surface area contributed by atoms with E-state index in [1.807, 2.05) is 44.2 Å². The highest BCUT2D eigenvalue weighted by Crippen LogP contribution is 2.48. The lowest BCUT2D eigenvalue weighted by Gasteiger charge is -2.38. The Morgan fingerprint density at radius 1 is 0.959 bits per heavy atom. The van der Waals surface area contributed by atoms with Crippen molar-refractivity contribution >= 4 is 44.4 Å². The van der Waals surface area contributed by atoms with Crippen LogP contribution in [0.4, 0.5) is 4.79 Å². The lowest BCUT2D eigenvalue weighted by Crippen LogP contribution is -2.61. The summed E-state index contributed by atoms with van der Waals surface area (Å²) in [6.45, 7) is 14.0. The fourth-order valence-corrected chi connectivity index (χ4v) is 8.17. The lowest BCUT2D eigenvalue weighted by atomic mass is 9.82. The maximum atomic E-state index is 14.4. The zero-order valence-corrected chi connectivity index (χ0v) is 31.6. The van der Waals surface area contributed by atoms with E-state index in [2.05, 4.69) is 10.6 Å². The molecule has 1 heterocycles. The van der Waals surface area contributed by atoms with Crippen molar-refractivity contribution in [1.29, 1.82) is 0 Å². The van der Waals surface area contributed by atoms with Gasteiger partial charge in [-0.1, -0.05) is 67.9 Å². The second-order valence-corrected chi connectivity index (χ2v) is 16.0. The van der Waals surface area contributed by atoms with Gasteiger partial charge in [-0.2, -0.15) is 4.31 Å². The quantitative estimate of drug-likeness (QED) is 0.255. The van der Waals surface area contributed by atoms with Gasteiger partial charge in [-0.05, 0) is 83.2 Å². The molecule has 0 saturated carbocycles. The van der Waals surface area contributed by atoms with Crippen LogP contribution in [0, 0.1) is 0 Å². The first kappa shape index (κ1) is 40.0. The number of carbonyl (C=O) groups excluding carboxylic acids is 3. The number of nitrogens with zero attached hydrogens (tertiary/aromatic N) is 2. The van der Waals surface area contributed by atoms with Crippen molar-refractivity contribution in [3.05, 3.63) is 76.3 Å². The zero-order chi connectivity index (χ0) is 36.8. The normalized spacial score (nSPS) is 16.6. The van der Waals surface area contributed by atoms with Gasteiger partial charge in [0.05, 0.1) is 23.7 Å². The summed E-state index contributed by atoms with van der Waals surface area (Å²) in [7, 11) is -2.36. The number of benzene rings is 2. The first-order chi connectivity index (χ1) is 22.8. The van der Waals surface area contributed by atoms with Crippen LogP contribution in [-0.4, -0.2) is 85.0 Å². The van der Waals surface area contributed by atoms with E-state index in [0.717, 1.165) is 5.56 Å². The van der Waals surface area contributed by atoms with Gasteiger partial charge in [-0.15, -0.1) is 0 Å². The van der Waals surface area contributed by atoms with Gasteiger partial charge in [0.1, 0.15) is 17.2 Å². The smallest absolute Gasteiger partial charge is 0.408 e. The van der Waals surface area contributed by atoms with Crippen LogP contribution in [0.3, 0.4) is 0 Å². The van der Waals surface area contributed by atoms with Crippen LogP contribution < -0.4 is 10.6 Å². The van der Waals surface area contributed by atoms with Crippen molar-refractivity contribution in [3.63, 3.8) is 0 Å². The van der Waals surface area contributed by atoms with Crippen LogP contribution >= 0.6 is 11.6 Å². The van der Waals surface area contributed by atoms with E-state index in [4.69, 9.17) is 21.1 Å². The predicted molar refractivity (Wildman–Crippen MR) is 192 cm³/mol. The van der Waals surface area contributed by atoms with E-state index in [9.17, 15) is 22.8 Å². The Labute approximate surface area is 296 Å². The first-order valence-electron chi connectivity index (χ1n) is 16.5. The van der Waals surface area contributed by atoms with E-state index in [0.29, 0.717) is 29.0 Å². The number of nitrogens with one attached hydrogen (secondary N) is 2. The molecule has 0 unspecified atom stereocenters. The molecule has 0 aliphatic carbocycles. The van der Waals surface area contributed by atoms with Crippen LogP contribution in [0.5, 0.6) is 0 Å². The van der Waals surface area contributed by atoms with Crippen molar-refractivity contribution in [2.45, 2.75) is 97.6 Å². The summed E-state index contributed by atoms with van der Waals surface area (Å²) < 4.78 is 40.7. The van der Waals surface area contributed by atoms with Crippen molar-refractivity contribution in [2.75, 3.05) is 26.7 Å². The number of amides is 3. The Kier molecular flexibility index (Phi) is 13.1. The summed E-state index contributed by atoms with van der Waals surface area (Å²) >= 11 is 6.15. The molecule has 3 rings (SSSR count). The molecule has 0 saturated heterocycles. The molecule has 11 nitrogen and oxygen atoms in total. The van der Waals surface area contributed by atoms with Gasteiger partial charge in [0.2, 0.25) is 21.8 Å². The van der Waals surface area contributed by atoms with Crippen molar-refractivity contribution in [1.82, 2.24) is 19.8 Å². The van der Waals surface area contributed by atoms with Gasteiger partial charge in [-0.25, -0.2) is 13.2 Å². The number of carbonyl (C=O) groups is 3. The predicted octanol–water partition coefficient (Wildman–Crippen LogP) is 5.74. The van der Waals surface area contributed by atoms with Crippen LogP contribution in [-0.2, 0) is 35.7 Å². The highest BCUT2D eigenvalue weighted by Gasteiger charge is 2.52. The van der Waals surface area contributed by atoms with Crippen LogP contribution in [0.15, 0.2) is 60.2 Å². The molecule has 2 aromatic carbocycles. The Balaban J connectivity index is 2.01. The van der Waals surface area contributed by atoms with Crippen molar-refractivity contribution in [3.8, 4) is 0 Å². The van der Waals surface area contributed by atoms with Crippen LogP contribution in [0.1, 0.15) is 79.4 Å². The van der Waals surface area contributed by atoms with Crippen LogP contribution in [0.2, 0.25) is 5.02 Å². The van der Waals surface area contributed by atoms with Gasteiger partial charge < -0.3 is 25.0 Å². The molecule has 2 aromatic rings. The maximum absolute atomic E-state index is 14.4. The number of hydrogen-bond donors (Lipinski definition) is 2. The van der Waals surface area contributed by atoms with Gasteiger partial charge in [-0.3, -0.25) is 9.59 Å². The minimum absolute atomic E-state index is 0.0108. The summed E-state index contributed by atoms with van der Waals surface area (Å²) in [6, 6.07) is 14.9. The van der Waals surface area contributed by atoms with E-state index < -0.39 is 50.7 Å². The zero-order valence-electron chi connectivity index (χ0n) is 30.1. The fraction of sp³-hybridized carbons (Fsp3) is 0.528. The standard InChI is InChI=1S/C36H51ClN4O7S/c1-10-36(11-2)28(30(49(45,46)40(36)9)26-18-20-27(37)21-19-26)22-41(12-3)31(42)29(24-47-23-25-16-14-13-15-17-25)38-32(43)35(7,8)39-33(44)48-34(4,5)6/h13-21,29H,10-12,22-24H2,1-9H3,(H,38,43)(H,39,44)/t29-/m1/s1. The molecule has 49 heavy (non-hydrogen) atoms. The SMILES string of the molecule is CCN(CC1=C(c2ccc(Cl)cc2)S(=O)(=O)N(C)C1(CC)CC)C(=O)[C@@H](COCc1ccccc1)NC(=O)C(C)(C)NC(=O)OC(C)(C)C. The number of sulfonamides is 1. The van der Waals surface area contributed by atoms with E-state index in [1.165, 1.54) is 23.1 Å². The molecule has 0 fully saturated rings. The van der Waals surface area contributed by atoms with Crippen molar-refractivity contribution in [2.24, 2.45) is 0 Å². The Bertz CT molecular complexity index is 1620. The minimum atomic E-state index is -3.93. The van der Waals surface area contributed by atoms with Crippen molar-refractivity contribution < 1.29 is 32.3 Å².